The Hall–Kier alpha value is -2.09. The molecule has 0 saturated heterocycles. The van der Waals surface area contributed by atoms with Crippen molar-refractivity contribution in [2.45, 2.75) is 12.5 Å². The first kappa shape index (κ1) is 14.3. The summed E-state index contributed by atoms with van der Waals surface area (Å²) in [5.74, 6) is 0. The number of aliphatic hydroxyl groups excluding tert-OH is 1. The molecule has 0 radical (unpaired) electrons. The maximum Gasteiger partial charge on any atom is 0.0968 e. The Bertz CT molecular complexity index is 685. The summed E-state index contributed by atoms with van der Waals surface area (Å²) in [5, 5.41) is 23.5. The minimum atomic E-state index is -0.892. The van der Waals surface area contributed by atoms with Crippen LogP contribution in [0.5, 0.6) is 0 Å². The molecule has 2 aromatic rings. The molecule has 0 amide bonds. The van der Waals surface area contributed by atoms with Crippen molar-refractivity contribution < 1.29 is 5.11 Å². The standard InChI is InChI=1S/C15H14ClN3O/c1-10(7-17)15(20)5-11-3-4-13(16)6-14(11)12-8-18-19(2)9-12/h3-4,6,8-9,15,20H,1,5H2,2H3. The molecule has 1 aromatic carbocycles. The highest BCUT2D eigenvalue weighted by atomic mass is 35.5. The van der Waals surface area contributed by atoms with Gasteiger partial charge in [-0.15, -0.1) is 0 Å². The molecular formula is C15H14ClN3O. The molecule has 102 valence electrons. The first-order valence-electron chi connectivity index (χ1n) is 6.05. The van der Waals surface area contributed by atoms with E-state index in [0.717, 1.165) is 16.7 Å². The van der Waals surface area contributed by atoms with Crippen molar-refractivity contribution >= 4 is 11.6 Å². The highest BCUT2D eigenvalue weighted by molar-refractivity contribution is 6.30. The highest BCUT2D eigenvalue weighted by Crippen LogP contribution is 2.28. The van der Waals surface area contributed by atoms with Crippen molar-refractivity contribution in [3.05, 3.63) is 53.3 Å². The van der Waals surface area contributed by atoms with E-state index in [1.54, 1.807) is 16.9 Å². The molecule has 0 aliphatic rings. The van der Waals surface area contributed by atoms with E-state index in [4.69, 9.17) is 16.9 Å². The van der Waals surface area contributed by atoms with Crippen molar-refractivity contribution in [3.8, 4) is 17.2 Å². The van der Waals surface area contributed by atoms with Crippen LogP contribution < -0.4 is 0 Å². The Balaban J connectivity index is 2.39. The van der Waals surface area contributed by atoms with Gasteiger partial charge in [-0.25, -0.2) is 0 Å². The van der Waals surface area contributed by atoms with E-state index in [1.165, 1.54) is 0 Å². The summed E-state index contributed by atoms with van der Waals surface area (Å²) in [6.07, 6.45) is 3.03. The van der Waals surface area contributed by atoms with Crippen LogP contribution in [0.25, 0.3) is 11.1 Å². The number of hydrogen-bond donors (Lipinski definition) is 1. The molecule has 0 aliphatic carbocycles. The molecular weight excluding hydrogens is 274 g/mol. The smallest absolute Gasteiger partial charge is 0.0968 e. The number of halogens is 1. The lowest BCUT2D eigenvalue weighted by atomic mass is 9.96. The van der Waals surface area contributed by atoms with Crippen LogP contribution in [-0.4, -0.2) is 21.0 Å². The zero-order valence-corrected chi connectivity index (χ0v) is 11.8. The molecule has 5 heteroatoms. The number of aliphatic hydroxyl groups is 1. The van der Waals surface area contributed by atoms with Gasteiger partial charge in [-0.05, 0) is 23.3 Å². The second-order valence-electron chi connectivity index (χ2n) is 4.56. The van der Waals surface area contributed by atoms with Crippen LogP contribution >= 0.6 is 11.6 Å². The third kappa shape index (κ3) is 3.08. The fourth-order valence-corrected chi connectivity index (χ4v) is 2.13. The number of rotatable bonds is 4. The van der Waals surface area contributed by atoms with Gasteiger partial charge >= 0.3 is 0 Å². The first-order valence-corrected chi connectivity index (χ1v) is 6.43. The third-order valence-corrected chi connectivity index (χ3v) is 3.28. The van der Waals surface area contributed by atoms with Gasteiger partial charge < -0.3 is 5.11 Å². The van der Waals surface area contributed by atoms with E-state index < -0.39 is 6.10 Å². The van der Waals surface area contributed by atoms with Crippen LogP contribution in [0.1, 0.15) is 5.56 Å². The summed E-state index contributed by atoms with van der Waals surface area (Å²) < 4.78 is 1.70. The Morgan fingerprint density at radius 3 is 2.95 bits per heavy atom. The summed E-state index contributed by atoms with van der Waals surface area (Å²) >= 11 is 6.04. The van der Waals surface area contributed by atoms with Crippen LogP contribution in [0.4, 0.5) is 0 Å². The lowest BCUT2D eigenvalue weighted by Gasteiger charge is -2.12. The number of nitriles is 1. The Labute approximate surface area is 122 Å². The predicted octanol–water partition coefficient (Wildman–Crippen LogP) is 2.72. The molecule has 4 nitrogen and oxygen atoms in total. The molecule has 0 bridgehead atoms. The SMILES string of the molecule is C=C(C#N)C(O)Cc1ccc(Cl)cc1-c1cnn(C)c1. The number of benzene rings is 1. The van der Waals surface area contributed by atoms with E-state index in [9.17, 15) is 5.11 Å². The molecule has 1 aromatic heterocycles. The van der Waals surface area contributed by atoms with Crippen LogP contribution in [-0.2, 0) is 13.5 Å². The van der Waals surface area contributed by atoms with Gasteiger partial charge in [0.1, 0.15) is 0 Å². The summed E-state index contributed by atoms with van der Waals surface area (Å²) in [7, 11) is 1.83. The van der Waals surface area contributed by atoms with E-state index in [-0.39, 0.29) is 5.57 Å². The minimum absolute atomic E-state index is 0.150. The van der Waals surface area contributed by atoms with Crippen molar-refractivity contribution in [2.75, 3.05) is 0 Å². The van der Waals surface area contributed by atoms with Crippen molar-refractivity contribution in [2.24, 2.45) is 7.05 Å². The monoisotopic (exact) mass is 287 g/mol. The number of hydrogen-bond acceptors (Lipinski definition) is 3. The molecule has 1 heterocycles. The molecule has 0 aliphatic heterocycles. The number of aromatic nitrogens is 2. The largest absolute Gasteiger partial charge is 0.387 e. The third-order valence-electron chi connectivity index (χ3n) is 3.05. The molecule has 0 spiro atoms. The summed E-state index contributed by atoms with van der Waals surface area (Å²) in [6, 6.07) is 7.31. The Kier molecular flexibility index (Phi) is 4.23. The lowest BCUT2D eigenvalue weighted by Crippen LogP contribution is -2.12. The van der Waals surface area contributed by atoms with Gasteiger partial charge in [-0.1, -0.05) is 24.2 Å². The second-order valence-corrected chi connectivity index (χ2v) is 5.00. The van der Waals surface area contributed by atoms with Crippen molar-refractivity contribution in [1.82, 2.24) is 9.78 Å². The fraction of sp³-hybridized carbons (Fsp3) is 0.200. The topological polar surface area (TPSA) is 61.8 Å². The Morgan fingerprint density at radius 1 is 1.60 bits per heavy atom. The minimum Gasteiger partial charge on any atom is -0.387 e. The van der Waals surface area contributed by atoms with Crippen molar-refractivity contribution in [1.29, 1.82) is 5.26 Å². The zero-order valence-electron chi connectivity index (χ0n) is 11.0. The first-order chi connectivity index (χ1) is 9.51. The van der Waals surface area contributed by atoms with E-state index >= 15 is 0 Å². The summed E-state index contributed by atoms with van der Waals surface area (Å²) in [4.78, 5) is 0. The van der Waals surface area contributed by atoms with Gasteiger partial charge in [0, 0.05) is 30.3 Å². The molecule has 1 atom stereocenters. The molecule has 0 saturated carbocycles. The van der Waals surface area contributed by atoms with Gasteiger partial charge in [0.25, 0.3) is 0 Å². The normalized spacial score (nSPS) is 11.9. The maximum absolute atomic E-state index is 9.94. The zero-order chi connectivity index (χ0) is 14.7. The molecule has 1 unspecified atom stereocenters. The molecule has 2 rings (SSSR count). The highest BCUT2D eigenvalue weighted by Gasteiger charge is 2.14. The predicted molar refractivity (Wildman–Crippen MR) is 78.1 cm³/mol. The second kappa shape index (κ2) is 5.91. The van der Waals surface area contributed by atoms with Crippen molar-refractivity contribution in [3.63, 3.8) is 0 Å². The van der Waals surface area contributed by atoms with Gasteiger partial charge in [-0.3, -0.25) is 4.68 Å². The Morgan fingerprint density at radius 2 is 2.35 bits per heavy atom. The maximum atomic E-state index is 9.94. The van der Waals surface area contributed by atoms with Crippen LogP contribution in [0.15, 0.2) is 42.7 Å². The van der Waals surface area contributed by atoms with Gasteiger partial charge in [0.2, 0.25) is 0 Å². The van der Waals surface area contributed by atoms with E-state index in [1.807, 2.05) is 31.4 Å². The van der Waals surface area contributed by atoms with Crippen LogP contribution in [0, 0.1) is 11.3 Å². The average molecular weight is 288 g/mol. The van der Waals surface area contributed by atoms with Crippen LogP contribution in [0.3, 0.4) is 0 Å². The quantitative estimate of drug-likeness (QED) is 0.880. The van der Waals surface area contributed by atoms with Gasteiger partial charge in [0.05, 0.1) is 23.9 Å². The lowest BCUT2D eigenvalue weighted by molar-refractivity contribution is 0.216. The summed E-state index contributed by atoms with van der Waals surface area (Å²) in [6.45, 7) is 3.54. The molecule has 20 heavy (non-hydrogen) atoms. The van der Waals surface area contributed by atoms with Gasteiger partial charge in [0.15, 0.2) is 0 Å². The molecule has 0 fully saturated rings. The molecule has 1 N–H and O–H groups in total. The van der Waals surface area contributed by atoms with E-state index in [0.29, 0.717) is 11.4 Å². The fourth-order valence-electron chi connectivity index (χ4n) is 1.96. The number of aryl methyl sites for hydroxylation is 1. The summed E-state index contributed by atoms with van der Waals surface area (Å²) in [5.41, 5.74) is 2.86. The number of nitrogens with zero attached hydrogens (tertiary/aromatic N) is 3. The van der Waals surface area contributed by atoms with Crippen LogP contribution in [0.2, 0.25) is 5.02 Å². The van der Waals surface area contributed by atoms with Gasteiger partial charge in [-0.2, -0.15) is 10.4 Å². The van der Waals surface area contributed by atoms with E-state index in [2.05, 4.69) is 11.7 Å². The average Bonchev–Trinajstić information content (AvgIpc) is 2.86.